The van der Waals surface area contributed by atoms with E-state index in [1.54, 1.807) is 6.92 Å². The van der Waals surface area contributed by atoms with Crippen molar-refractivity contribution in [1.82, 2.24) is 0 Å². The van der Waals surface area contributed by atoms with Gasteiger partial charge in [0.2, 0.25) is 0 Å². The van der Waals surface area contributed by atoms with E-state index in [1.165, 1.54) is 0 Å². The molecule has 60 valence electrons. The summed E-state index contributed by atoms with van der Waals surface area (Å²) in [4.78, 5) is 0. The molecule has 0 saturated carbocycles. The molecule has 0 fully saturated rings. The molecular weight excluding hydrogens is 124 g/mol. The molecule has 1 nitrogen and oxygen atoms in total. The van der Waals surface area contributed by atoms with Crippen molar-refractivity contribution in [2.24, 2.45) is 5.92 Å². The second-order valence-corrected chi connectivity index (χ2v) is 2.94. The Bertz CT molecular complexity index is 105. The smallest absolute Gasteiger partial charge is 0.0721 e. The fourth-order valence-corrected chi connectivity index (χ4v) is 1.03. The van der Waals surface area contributed by atoms with Crippen LogP contribution in [0.25, 0.3) is 0 Å². The van der Waals surface area contributed by atoms with Crippen LogP contribution in [0.3, 0.4) is 0 Å². The minimum absolute atomic E-state index is 0.346. The second-order valence-electron chi connectivity index (χ2n) is 2.94. The largest absolute Gasteiger partial charge is 0.389 e. The van der Waals surface area contributed by atoms with Gasteiger partial charge >= 0.3 is 0 Å². The van der Waals surface area contributed by atoms with Gasteiger partial charge in [-0.05, 0) is 24.8 Å². The summed E-state index contributed by atoms with van der Waals surface area (Å²) in [6.45, 7) is 9.85. The Morgan fingerprint density at radius 2 is 2.00 bits per heavy atom. The van der Waals surface area contributed by atoms with Gasteiger partial charge < -0.3 is 5.11 Å². The van der Waals surface area contributed by atoms with E-state index < -0.39 is 0 Å². The second kappa shape index (κ2) is 4.51. The average molecular weight is 142 g/mol. The first-order valence-electron chi connectivity index (χ1n) is 3.96. The summed E-state index contributed by atoms with van der Waals surface area (Å²) in [6.07, 6.45) is 1.94. The topological polar surface area (TPSA) is 20.2 Å². The molecule has 0 rings (SSSR count). The molecule has 1 heteroatoms. The van der Waals surface area contributed by atoms with Crippen molar-refractivity contribution in [2.75, 3.05) is 0 Å². The van der Waals surface area contributed by atoms with Crippen molar-refractivity contribution in [3.63, 3.8) is 0 Å². The summed E-state index contributed by atoms with van der Waals surface area (Å²) >= 11 is 0. The van der Waals surface area contributed by atoms with Crippen molar-refractivity contribution in [3.05, 3.63) is 12.2 Å². The van der Waals surface area contributed by atoms with E-state index in [0.717, 1.165) is 18.4 Å². The van der Waals surface area contributed by atoms with E-state index >= 15 is 0 Å². The van der Waals surface area contributed by atoms with Crippen molar-refractivity contribution in [3.8, 4) is 0 Å². The van der Waals surface area contributed by atoms with Crippen LogP contribution in [0.4, 0.5) is 0 Å². The van der Waals surface area contributed by atoms with Crippen LogP contribution < -0.4 is 0 Å². The van der Waals surface area contributed by atoms with Crippen LogP contribution in [0.2, 0.25) is 0 Å². The van der Waals surface area contributed by atoms with Gasteiger partial charge in [-0.2, -0.15) is 0 Å². The van der Waals surface area contributed by atoms with Crippen molar-refractivity contribution < 1.29 is 5.11 Å². The van der Waals surface area contributed by atoms with Gasteiger partial charge in [0.15, 0.2) is 0 Å². The monoisotopic (exact) mass is 142 g/mol. The molecule has 0 aromatic rings. The first-order chi connectivity index (χ1) is 4.59. The number of hydrogen-bond donors (Lipinski definition) is 1. The molecule has 0 bridgehead atoms. The highest BCUT2D eigenvalue weighted by atomic mass is 16.3. The predicted octanol–water partition coefficient (Wildman–Crippen LogP) is 2.36. The summed E-state index contributed by atoms with van der Waals surface area (Å²) in [5.74, 6) is 0.463. The lowest BCUT2D eigenvalue weighted by Crippen LogP contribution is -2.10. The van der Waals surface area contributed by atoms with Crippen LogP contribution in [0.15, 0.2) is 12.2 Å². The Balaban J connectivity index is 3.71. The molecule has 1 N–H and O–H groups in total. The van der Waals surface area contributed by atoms with Crippen LogP contribution in [0.5, 0.6) is 0 Å². The van der Waals surface area contributed by atoms with E-state index in [-0.39, 0.29) is 6.10 Å². The van der Waals surface area contributed by atoms with Crippen LogP contribution >= 0.6 is 0 Å². The Kier molecular flexibility index (Phi) is 4.37. The third-order valence-corrected chi connectivity index (χ3v) is 1.89. The van der Waals surface area contributed by atoms with E-state index in [1.807, 2.05) is 0 Å². The lowest BCUT2D eigenvalue weighted by Gasteiger charge is -2.15. The van der Waals surface area contributed by atoms with Gasteiger partial charge in [-0.15, -0.1) is 0 Å². The van der Waals surface area contributed by atoms with Gasteiger partial charge in [-0.3, -0.25) is 0 Å². The molecule has 0 aromatic carbocycles. The van der Waals surface area contributed by atoms with Crippen molar-refractivity contribution in [2.45, 2.75) is 39.7 Å². The molecular formula is C9H18O. The molecule has 2 atom stereocenters. The maximum atomic E-state index is 9.12. The van der Waals surface area contributed by atoms with Gasteiger partial charge in [0.25, 0.3) is 0 Å². The highest BCUT2D eigenvalue weighted by Gasteiger charge is 2.09. The number of aliphatic hydroxyl groups is 1. The summed E-state index contributed by atoms with van der Waals surface area (Å²) in [6, 6.07) is 0. The molecule has 0 aliphatic rings. The summed E-state index contributed by atoms with van der Waals surface area (Å²) < 4.78 is 0. The summed E-state index contributed by atoms with van der Waals surface area (Å²) in [5.41, 5.74) is 0.960. The normalized spacial score (nSPS) is 16.4. The van der Waals surface area contributed by atoms with Crippen molar-refractivity contribution in [1.29, 1.82) is 0 Å². The molecule has 0 radical (unpaired) electrons. The maximum absolute atomic E-state index is 9.12. The molecule has 0 spiro atoms. The number of rotatable bonds is 4. The van der Waals surface area contributed by atoms with Crippen molar-refractivity contribution >= 4 is 0 Å². The van der Waals surface area contributed by atoms with Crippen LogP contribution in [0, 0.1) is 5.92 Å². The quantitative estimate of drug-likeness (QED) is 0.597. The number of aliphatic hydroxyl groups excluding tert-OH is 1. The molecule has 2 unspecified atom stereocenters. The Morgan fingerprint density at radius 1 is 1.50 bits per heavy atom. The molecule has 0 heterocycles. The van der Waals surface area contributed by atoms with Crippen LogP contribution in [-0.2, 0) is 0 Å². The molecule has 10 heavy (non-hydrogen) atoms. The maximum Gasteiger partial charge on any atom is 0.0721 e. The lowest BCUT2D eigenvalue weighted by atomic mass is 9.94. The SMILES string of the molecule is C=C(C(C)O)C(C)CCC. The first kappa shape index (κ1) is 9.70. The number of hydrogen-bond acceptors (Lipinski definition) is 1. The third-order valence-electron chi connectivity index (χ3n) is 1.89. The Morgan fingerprint density at radius 3 is 2.30 bits per heavy atom. The fourth-order valence-electron chi connectivity index (χ4n) is 1.03. The van der Waals surface area contributed by atoms with Gasteiger partial charge in [-0.25, -0.2) is 0 Å². The third kappa shape index (κ3) is 3.02. The average Bonchev–Trinajstić information content (AvgIpc) is 1.87. The highest BCUT2D eigenvalue weighted by Crippen LogP contribution is 2.17. The van der Waals surface area contributed by atoms with E-state index in [2.05, 4.69) is 20.4 Å². The van der Waals surface area contributed by atoms with Crippen LogP contribution in [-0.4, -0.2) is 11.2 Å². The van der Waals surface area contributed by atoms with Gasteiger partial charge in [0.1, 0.15) is 0 Å². The molecule has 0 saturated heterocycles. The summed E-state index contributed by atoms with van der Waals surface area (Å²) in [7, 11) is 0. The predicted molar refractivity (Wildman–Crippen MR) is 44.9 cm³/mol. The molecule has 0 aromatic heterocycles. The lowest BCUT2D eigenvalue weighted by molar-refractivity contribution is 0.217. The standard InChI is InChI=1S/C9H18O/c1-5-6-7(2)8(3)9(4)10/h7,9-10H,3,5-6H2,1-2,4H3. The van der Waals surface area contributed by atoms with Crippen LogP contribution in [0.1, 0.15) is 33.6 Å². The fraction of sp³-hybridized carbons (Fsp3) is 0.778. The zero-order chi connectivity index (χ0) is 8.15. The van der Waals surface area contributed by atoms with E-state index in [0.29, 0.717) is 5.92 Å². The Hall–Kier alpha value is -0.300. The minimum Gasteiger partial charge on any atom is -0.389 e. The zero-order valence-corrected chi connectivity index (χ0v) is 7.22. The minimum atomic E-state index is -0.346. The highest BCUT2D eigenvalue weighted by molar-refractivity contribution is 5.03. The summed E-state index contributed by atoms with van der Waals surface area (Å²) in [5, 5.41) is 9.12. The molecule has 0 amide bonds. The van der Waals surface area contributed by atoms with E-state index in [4.69, 9.17) is 5.11 Å². The first-order valence-corrected chi connectivity index (χ1v) is 3.96. The van der Waals surface area contributed by atoms with Gasteiger partial charge in [-0.1, -0.05) is 26.8 Å². The van der Waals surface area contributed by atoms with E-state index in [9.17, 15) is 0 Å². The zero-order valence-electron chi connectivity index (χ0n) is 7.22. The molecule has 0 aliphatic carbocycles. The molecule has 0 aliphatic heterocycles. The van der Waals surface area contributed by atoms with Gasteiger partial charge in [0.05, 0.1) is 6.10 Å². The Labute approximate surface area is 63.8 Å². The van der Waals surface area contributed by atoms with Gasteiger partial charge in [0, 0.05) is 0 Å².